The molecule has 2 aromatic heterocycles. The number of rotatable bonds is 2. The lowest BCUT2D eigenvalue weighted by atomic mass is 10.2. The van der Waals surface area contributed by atoms with Crippen LogP contribution < -0.4 is 5.32 Å². The second-order valence-corrected chi connectivity index (χ2v) is 4.67. The van der Waals surface area contributed by atoms with Gasteiger partial charge in [-0.05, 0) is 19.9 Å². The van der Waals surface area contributed by atoms with Crippen molar-refractivity contribution >= 4 is 22.4 Å². The number of nitrogens with one attached hydrogen (secondary N) is 1. The summed E-state index contributed by atoms with van der Waals surface area (Å²) in [5.41, 5.74) is 0.251. The van der Waals surface area contributed by atoms with Crippen molar-refractivity contribution in [3.8, 4) is 0 Å². The summed E-state index contributed by atoms with van der Waals surface area (Å²) in [6.45, 7) is 3.25. The lowest BCUT2D eigenvalue weighted by Crippen LogP contribution is -2.11. The quantitative estimate of drug-likeness (QED) is 0.923. The number of amides is 1. The molecule has 0 aliphatic rings. The van der Waals surface area contributed by atoms with Crippen LogP contribution in [-0.4, -0.2) is 16.1 Å². The summed E-state index contributed by atoms with van der Waals surface area (Å²) in [6, 6.07) is 1.50. The van der Waals surface area contributed by atoms with E-state index in [4.69, 9.17) is 4.42 Å². The number of alkyl halides is 3. The van der Waals surface area contributed by atoms with Gasteiger partial charge in [0.25, 0.3) is 5.91 Å². The summed E-state index contributed by atoms with van der Waals surface area (Å²) in [7, 11) is 0. The maximum absolute atomic E-state index is 12.3. The maximum atomic E-state index is 12.3. The van der Waals surface area contributed by atoms with E-state index < -0.39 is 17.1 Å². The van der Waals surface area contributed by atoms with E-state index in [9.17, 15) is 18.0 Å². The zero-order chi connectivity index (χ0) is 14.2. The number of aryl methyl sites for hydroxylation is 2. The maximum Gasteiger partial charge on any atom is 0.445 e. The van der Waals surface area contributed by atoms with Gasteiger partial charge in [-0.1, -0.05) is 11.3 Å². The highest BCUT2D eigenvalue weighted by atomic mass is 32.1. The number of aromatic nitrogens is 2. The average Bonchev–Trinajstić information content (AvgIpc) is 2.84. The van der Waals surface area contributed by atoms with Crippen molar-refractivity contribution in [3.63, 3.8) is 0 Å². The summed E-state index contributed by atoms with van der Waals surface area (Å²) in [6.07, 6.45) is -4.57. The summed E-state index contributed by atoms with van der Waals surface area (Å²) in [4.78, 5) is 11.8. The van der Waals surface area contributed by atoms with E-state index in [0.717, 1.165) is 0 Å². The SMILES string of the molecule is Cc1cc(C(=O)Nc2nnc(C(F)(F)F)s2)c(C)o1. The molecule has 9 heteroatoms. The Kier molecular flexibility index (Phi) is 3.31. The first-order chi connectivity index (χ1) is 8.77. The highest BCUT2D eigenvalue weighted by Crippen LogP contribution is 2.33. The normalized spacial score (nSPS) is 11.6. The average molecular weight is 291 g/mol. The van der Waals surface area contributed by atoms with Crippen LogP contribution in [0.5, 0.6) is 0 Å². The molecule has 102 valence electrons. The molecule has 2 rings (SSSR count). The van der Waals surface area contributed by atoms with E-state index in [-0.39, 0.29) is 22.0 Å². The van der Waals surface area contributed by atoms with Gasteiger partial charge >= 0.3 is 6.18 Å². The van der Waals surface area contributed by atoms with Gasteiger partial charge in [0.05, 0.1) is 5.56 Å². The van der Waals surface area contributed by atoms with E-state index in [1.54, 1.807) is 13.8 Å². The zero-order valence-corrected chi connectivity index (χ0v) is 10.6. The molecule has 2 aromatic rings. The fraction of sp³-hybridized carbons (Fsp3) is 0.300. The Morgan fingerprint density at radius 1 is 1.37 bits per heavy atom. The van der Waals surface area contributed by atoms with Crippen LogP contribution in [0.25, 0.3) is 0 Å². The van der Waals surface area contributed by atoms with E-state index >= 15 is 0 Å². The second-order valence-electron chi connectivity index (χ2n) is 3.69. The molecule has 2 heterocycles. The van der Waals surface area contributed by atoms with Gasteiger partial charge in [-0.25, -0.2) is 0 Å². The standard InChI is InChI=1S/C10H8F3N3O2S/c1-4-3-6(5(2)18-4)7(17)14-9-16-15-8(19-9)10(11,12)13/h3H,1-2H3,(H,14,16,17). The molecule has 0 radical (unpaired) electrons. The Morgan fingerprint density at radius 2 is 2.05 bits per heavy atom. The van der Waals surface area contributed by atoms with Crippen LogP contribution in [0.1, 0.15) is 26.9 Å². The van der Waals surface area contributed by atoms with Gasteiger partial charge in [0.15, 0.2) is 0 Å². The molecule has 1 N–H and O–H groups in total. The van der Waals surface area contributed by atoms with Gasteiger partial charge in [0.2, 0.25) is 10.1 Å². The van der Waals surface area contributed by atoms with Crippen molar-refractivity contribution in [3.05, 3.63) is 28.2 Å². The Bertz CT molecular complexity index is 618. The summed E-state index contributed by atoms with van der Waals surface area (Å²) in [5, 5.41) is 7.17. The minimum absolute atomic E-state index is 0.212. The van der Waals surface area contributed by atoms with Crippen molar-refractivity contribution in [1.29, 1.82) is 0 Å². The van der Waals surface area contributed by atoms with Crippen molar-refractivity contribution in [1.82, 2.24) is 10.2 Å². The van der Waals surface area contributed by atoms with Gasteiger partial charge < -0.3 is 4.42 Å². The molecule has 1 amide bonds. The lowest BCUT2D eigenvalue weighted by Gasteiger charge is -1.99. The molecule has 0 saturated heterocycles. The molecule has 0 aliphatic carbocycles. The van der Waals surface area contributed by atoms with Gasteiger partial charge in [0, 0.05) is 0 Å². The molecular formula is C10H8F3N3O2S. The predicted octanol–water partition coefficient (Wildman–Crippen LogP) is 3.02. The Labute approximate surface area is 109 Å². The van der Waals surface area contributed by atoms with Crippen molar-refractivity contribution in [2.75, 3.05) is 5.32 Å². The van der Waals surface area contributed by atoms with E-state index in [1.165, 1.54) is 6.07 Å². The van der Waals surface area contributed by atoms with Crippen molar-refractivity contribution in [2.24, 2.45) is 0 Å². The topological polar surface area (TPSA) is 68.0 Å². The van der Waals surface area contributed by atoms with Crippen LogP contribution in [0.3, 0.4) is 0 Å². The Hall–Kier alpha value is -1.90. The van der Waals surface area contributed by atoms with Crippen molar-refractivity contribution in [2.45, 2.75) is 20.0 Å². The monoisotopic (exact) mass is 291 g/mol. The zero-order valence-electron chi connectivity index (χ0n) is 9.83. The van der Waals surface area contributed by atoms with Crippen LogP contribution in [0.2, 0.25) is 0 Å². The van der Waals surface area contributed by atoms with Gasteiger partial charge in [0.1, 0.15) is 11.5 Å². The largest absolute Gasteiger partial charge is 0.466 e. The van der Waals surface area contributed by atoms with E-state index in [2.05, 4.69) is 15.5 Å². The second kappa shape index (κ2) is 4.65. The minimum atomic E-state index is -4.57. The third-order valence-electron chi connectivity index (χ3n) is 2.17. The van der Waals surface area contributed by atoms with Gasteiger partial charge in [-0.3, -0.25) is 10.1 Å². The number of carbonyl (C=O) groups is 1. The van der Waals surface area contributed by atoms with Crippen LogP contribution in [0.4, 0.5) is 18.3 Å². The predicted molar refractivity (Wildman–Crippen MR) is 61.0 cm³/mol. The molecule has 0 fully saturated rings. The number of hydrogen-bond acceptors (Lipinski definition) is 5. The van der Waals surface area contributed by atoms with Gasteiger partial charge in [-0.15, -0.1) is 10.2 Å². The number of carbonyl (C=O) groups excluding carboxylic acids is 1. The van der Waals surface area contributed by atoms with Gasteiger partial charge in [-0.2, -0.15) is 13.2 Å². The molecule has 0 aliphatic heterocycles. The molecule has 19 heavy (non-hydrogen) atoms. The number of halogens is 3. The third-order valence-corrected chi connectivity index (χ3v) is 3.06. The highest BCUT2D eigenvalue weighted by Gasteiger charge is 2.35. The number of anilines is 1. The van der Waals surface area contributed by atoms with Crippen LogP contribution in [0, 0.1) is 13.8 Å². The summed E-state index contributed by atoms with van der Waals surface area (Å²) in [5.74, 6) is 0.339. The number of hydrogen-bond donors (Lipinski definition) is 1. The third kappa shape index (κ3) is 2.92. The van der Waals surface area contributed by atoms with E-state index in [0.29, 0.717) is 11.5 Å². The summed E-state index contributed by atoms with van der Waals surface area (Å²) < 4.78 is 42.1. The molecule has 0 atom stereocenters. The molecule has 0 aromatic carbocycles. The smallest absolute Gasteiger partial charge is 0.445 e. The van der Waals surface area contributed by atoms with E-state index in [1.807, 2.05) is 0 Å². The fourth-order valence-corrected chi connectivity index (χ4v) is 2.01. The molecule has 5 nitrogen and oxygen atoms in total. The first-order valence-corrected chi connectivity index (χ1v) is 5.88. The summed E-state index contributed by atoms with van der Waals surface area (Å²) >= 11 is 0.266. The highest BCUT2D eigenvalue weighted by molar-refractivity contribution is 7.15. The first-order valence-electron chi connectivity index (χ1n) is 5.06. The first kappa shape index (κ1) is 13.5. The molecule has 0 saturated carbocycles. The molecule has 0 unspecified atom stereocenters. The number of furan rings is 1. The Morgan fingerprint density at radius 3 is 2.53 bits per heavy atom. The molecule has 0 bridgehead atoms. The van der Waals surface area contributed by atoms with Crippen molar-refractivity contribution < 1.29 is 22.4 Å². The molecular weight excluding hydrogens is 283 g/mol. The van der Waals surface area contributed by atoms with Crippen LogP contribution in [0.15, 0.2) is 10.5 Å². The van der Waals surface area contributed by atoms with Crippen LogP contribution >= 0.6 is 11.3 Å². The number of nitrogens with zero attached hydrogens (tertiary/aromatic N) is 2. The van der Waals surface area contributed by atoms with Crippen LogP contribution in [-0.2, 0) is 6.18 Å². The lowest BCUT2D eigenvalue weighted by molar-refractivity contribution is -0.138. The fourth-order valence-electron chi connectivity index (χ4n) is 1.41. The Balaban J connectivity index is 2.16. The molecule has 0 spiro atoms. The minimum Gasteiger partial charge on any atom is -0.466 e.